The molecule has 0 saturated heterocycles. The molecule has 1 heterocycles. The van der Waals surface area contributed by atoms with E-state index >= 15 is 0 Å². The monoisotopic (exact) mass is 403 g/mol. The van der Waals surface area contributed by atoms with Gasteiger partial charge in [-0.25, -0.2) is 4.79 Å². The second kappa shape index (κ2) is 6.54. The second-order valence-corrected chi connectivity index (χ2v) is 7.07. The zero-order valence-electron chi connectivity index (χ0n) is 10.1. The Balaban J connectivity index is 1.98. The van der Waals surface area contributed by atoms with E-state index in [1.54, 1.807) is 23.5 Å². The molecule has 1 aromatic carbocycles. The number of methoxy groups -OCH3 is 1. The molecule has 0 unspecified atom stereocenters. The first-order chi connectivity index (χ1) is 9.10. The van der Waals surface area contributed by atoms with E-state index in [4.69, 9.17) is 0 Å². The Morgan fingerprint density at radius 3 is 2.53 bits per heavy atom. The maximum absolute atomic E-state index is 11.3. The summed E-state index contributed by atoms with van der Waals surface area (Å²) in [6, 6.07) is 9.29. The Morgan fingerprint density at radius 2 is 2.00 bits per heavy atom. The van der Waals surface area contributed by atoms with E-state index in [-0.39, 0.29) is 5.97 Å². The molecule has 6 heteroatoms. The van der Waals surface area contributed by atoms with E-state index in [2.05, 4.69) is 48.0 Å². The number of carbonyl (C=O) groups excluding carboxylic acids is 1. The molecule has 2 aromatic rings. The SMILES string of the molecule is COC(=O)c1ccc(NCc2cc(Br)c(Br)s2)cc1. The van der Waals surface area contributed by atoms with Crippen LogP contribution in [-0.4, -0.2) is 13.1 Å². The van der Waals surface area contributed by atoms with Crippen molar-refractivity contribution in [3.63, 3.8) is 0 Å². The first-order valence-electron chi connectivity index (χ1n) is 5.46. The summed E-state index contributed by atoms with van der Waals surface area (Å²) in [7, 11) is 1.38. The molecule has 0 atom stereocenters. The quantitative estimate of drug-likeness (QED) is 0.752. The summed E-state index contributed by atoms with van der Waals surface area (Å²) in [5.41, 5.74) is 1.52. The molecule has 19 heavy (non-hydrogen) atoms. The molecule has 0 bridgehead atoms. The number of halogens is 2. The zero-order valence-corrected chi connectivity index (χ0v) is 14.1. The van der Waals surface area contributed by atoms with Crippen molar-refractivity contribution in [3.05, 3.63) is 49.0 Å². The molecule has 1 aromatic heterocycles. The summed E-state index contributed by atoms with van der Waals surface area (Å²) in [4.78, 5) is 12.5. The van der Waals surface area contributed by atoms with Crippen molar-refractivity contribution in [2.24, 2.45) is 0 Å². The fraction of sp³-hybridized carbons (Fsp3) is 0.154. The molecule has 0 radical (unpaired) electrons. The minimum atomic E-state index is -0.322. The summed E-state index contributed by atoms with van der Waals surface area (Å²) in [6.45, 7) is 0.742. The van der Waals surface area contributed by atoms with Crippen molar-refractivity contribution in [2.45, 2.75) is 6.54 Å². The van der Waals surface area contributed by atoms with Crippen LogP contribution in [0.4, 0.5) is 5.69 Å². The number of thiophene rings is 1. The molecule has 100 valence electrons. The molecular formula is C13H11Br2NO2S. The number of esters is 1. The Bertz CT molecular complexity index is 561. The van der Waals surface area contributed by atoms with Gasteiger partial charge in [0, 0.05) is 21.6 Å². The molecule has 0 saturated carbocycles. The smallest absolute Gasteiger partial charge is 0.337 e. The summed E-state index contributed by atoms with van der Waals surface area (Å²) >= 11 is 8.61. The summed E-state index contributed by atoms with van der Waals surface area (Å²) in [6.07, 6.45) is 0. The minimum Gasteiger partial charge on any atom is -0.465 e. The van der Waals surface area contributed by atoms with Crippen molar-refractivity contribution >= 4 is 54.9 Å². The van der Waals surface area contributed by atoms with Gasteiger partial charge in [-0.1, -0.05) is 0 Å². The van der Waals surface area contributed by atoms with Crippen molar-refractivity contribution < 1.29 is 9.53 Å². The lowest BCUT2D eigenvalue weighted by Gasteiger charge is -2.05. The van der Waals surface area contributed by atoms with Crippen LogP contribution in [0.1, 0.15) is 15.2 Å². The van der Waals surface area contributed by atoms with Crippen molar-refractivity contribution in [3.8, 4) is 0 Å². The van der Waals surface area contributed by atoms with Crippen molar-refractivity contribution in [2.75, 3.05) is 12.4 Å². The molecule has 0 fully saturated rings. The predicted octanol–water partition coefficient (Wildman–Crippen LogP) is 4.67. The van der Waals surface area contributed by atoms with Crippen LogP contribution in [0.3, 0.4) is 0 Å². The van der Waals surface area contributed by atoms with Crippen molar-refractivity contribution in [1.82, 2.24) is 0 Å². The largest absolute Gasteiger partial charge is 0.465 e. The summed E-state index contributed by atoms with van der Waals surface area (Å²) in [5.74, 6) is -0.322. The van der Waals surface area contributed by atoms with E-state index in [1.807, 2.05) is 12.1 Å². The highest BCUT2D eigenvalue weighted by molar-refractivity contribution is 9.13. The number of ether oxygens (including phenoxy) is 1. The molecule has 0 amide bonds. The van der Waals surface area contributed by atoms with Gasteiger partial charge in [0.2, 0.25) is 0 Å². The van der Waals surface area contributed by atoms with Gasteiger partial charge in [0.25, 0.3) is 0 Å². The molecule has 1 N–H and O–H groups in total. The Hall–Kier alpha value is -0.850. The minimum absolute atomic E-state index is 0.322. The Kier molecular flexibility index (Phi) is 5.01. The van der Waals surface area contributed by atoms with E-state index < -0.39 is 0 Å². The van der Waals surface area contributed by atoms with Crippen LogP contribution in [0.15, 0.2) is 38.6 Å². The molecule has 0 spiro atoms. The zero-order chi connectivity index (χ0) is 13.8. The van der Waals surface area contributed by atoms with Crippen LogP contribution in [0.2, 0.25) is 0 Å². The predicted molar refractivity (Wildman–Crippen MR) is 84.8 cm³/mol. The van der Waals surface area contributed by atoms with E-state index in [0.29, 0.717) is 5.56 Å². The van der Waals surface area contributed by atoms with Gasteiger partial charge in [-0.15, -0.1) is 11.3 Å². The highest BCUT2D eigenvalue weighted by atomic mass is 79.9. The lowest BCUT2D eigenvalue weighted by Crippen LogP contribution is -2.02. The molecule has 0 aliphatic heterocycles. The van der Waals surface area contributed by atoms with Gasteiger partial charge in [-0.05, 0) is 62.2 Å². The number of rotatable bonds is 4. The van der Waals surface area contributed by atoms with Gasteiger partial charge in [0.05, 0.1) is 16.5 Å². The van der Waals surface area contributed by atoms with Crippen LogP contribution >= 0.6 is 43.2 Å². The molecule has 2 rings (SSSR count). The van der Waals surface area contributed by atoms with Crippen molar-refractivity contribution in [1.29, 1.82) is 0 Å². The number of carbonyl (C=O) groups is 1. The summed E-state index contributed by atoms with van der Waals surface area (Å²) in [5, 5.41) is 3.30. The maximum Gasteiger partial charge on any atom is 0.337 e. The van der Waals surface area contributed by atoms with Crippen LogP contribution < -0.4 is 5.32 Å². The van der Waals surface area contributed by atoms with E-state index in [0.717, 1.165) is 20.5 Å². The number of hydrogen-bond acceptors (Lipinski definition) is 4. The van der Waals surface area contributed by atoms with Gasteiger partial charge < -0.3 is 10.1 Å². The number of nitrogens with one attached hydrogen (secondary N) is 1. The third kappa shape index (κ3) is 3.81. The van der Waals surface area contributed by atoms with Gasteiger partial charge in [0.1, 0.15) is 0 Å². The fourth-order valence-electron chi connectivity index (χ4n) is 1.51. The molecular weight excluding hydrogens is 394 g/mol. The topological polar surface area (TPSA) is 38.3 Å². The number of anilines is 1. The average Bonchev–Trinajstić information content (AvgIpc) is 2.75. The van der Waals surface area contributed by atoms with Gasteiger partial charge in [-0.2, -0.15) is 0 Å². The van der Waals surface area contributed by atoms with E-state index in [9.17, 15) is 4.79 Å². The molecule has 3 nitrogen and oxygen atoms in total. The van der Waals surface area contributed by atoms with Gasteiger partial charge in [-0.3, -0.25) is 0 Å². The Morgan fingerprint density at radius 1 is 1.32 bits per heavy atom. The second-order valence-electron chi connectivity index (χ2n) is 3.76. The fourth-order valence-corrected chi connectivity index (χ4v) is 3.63. The third-order valence-electron chi connectivity index (χ3n) is 2.47. The van der Waals surface area contributed by atoms with E-state index in [1.165, 1.54) is 12.0 Å². The molecule has 0 aliphatic rings. The van der Waals surface area contributed by atoms with Crippen LogP contribution in [-0.2, 0) is 11.3 Å². The van der Waals surface area contributed by atoms with Gasteiger partial charge >= 0.3 is 5.97 Å². The van der Waals surface area contributed by atoms with Crippen LogP contribution in [0, 0.1) is 0 Å². The highest BCUT2D eigenvalue weighted by Gasteiger charge is 2.06. The molecule has 0 aliphatic carbocycles. The number of benzene rings is 1. The standard InChI is InChI=1S/C13H11Br2NO2S/c1-18-13(17)8-2-4-9(5-3-8)16-7-10-6-11(14)12(15)19-10/h2-6,16H,7H2,1H3. The van der Waals surface area contributed by atoms with Crippen LogP contribution in [0.25, 0.3) is 0 Å². The number of hydrogen-bond donors (Lipinski definition) is 1. The lowest BCUT2D eigenvalue weighted by molar-refractivity contribution is 0.0601. The Labute approximate surface area is 132 Å². The normalized spacial score (nSPS) is 10.3. The average molecular weight is 405 g/mol. The first-order valence-corrected chi connectivity index (χ1v) is 7.86. The first kappa shape index (κ1) is 14.6. The maximum atomic E-state index is 11.3. The highest BCUT2D eigenvalue weighted by Crippen LogP contribution is 2.32. The van der Waals surface area contributed by atoms with Crippen LogP contribution in [0.5, 0.6) is 0 Å². The van der Waals surface area contributed by atoms with Gasteiger partial charge in [0.15, 0.2) is 0 Å². The third-order valence-corrected chi connectivity index (χ3v) is 5.73. The summed E-state index contributed by atoms with van der Waals surface area (Å²) < 4.78 is 6.81. The lowest BCUT2D eigenvalue weighted by atomic mass is 10.2.